The van der Waals surface area contributed by atoms with Crippen molar-refractivity contribution in [2.45, 2.75) is 46.5 Å². The van der Waals surface area contributed by atoms with Crippen LogP contribution in [0.25, 0.3) is 0 Å². The Morgan fingerprint density at radius 3 is 1.89 bits per heavy atom. The van der Waals surface area contributed by atoms with Gasteiger partial charge in [0.1, 0.15) is 0 Å². The summed E-state index contributed by atoms with van der Waals surface area (Å²) in [5.74, 6) is -0.118. The molecule has 0 atom stereocenters. The minimum Gasteiger partial charge on any atom is -0.0599 e. The van der Waals surface area contributed by atoms with Crippen LogP contribution in [0, 0.1) is 11.3 Å². The van der Waals surface area contributed by atoms with E-state index in [9.17, 15) is 0 Å². The lowest BCUT2D eigenvalue weighted by molar-refractivity contribution is 0.246. The highest BCUT2D eigenvalue weighted by Gasteiger charge is 2.26. The molecule has 0 N–H and O–H groups in total. The Hall–Kier alpha value is 0. The Kier molecular flexibility index (Phi) is 1.48. The van der Waals surface area contributed by atoms with E-state index in [2.05, 4.69) is 20.8 Å². The highest BCUT2D eigenvalue weighted by Crippen LogP contribution is 2.38. The predicted octanol–water partition coefficient (Wildman–Crippen LogP) is 3.22. The van der Waals surface area contributed by atoms with Crippen molar-refractivity contribution in [1.29, 1.82) is 0 Å². The molecule has 0 heterocycles. The van der Waals surface area contributed by atoms with Gasteiger partial charge in [0.2, 0.25) is 0 Å². The van der Waals surface area contributed by atoms with E-state index >= 15 is 0 Å². The number of rotatable bonds is 0. The summed E-state index contributed by atoms with van der Waals surface area (Å²) < 4.78 is 8.13. The first-order chi connectivity index (χ1) is 4.46. The van der Waals surface area contributed by atoms with Crippen LogP contribution in [0.2, 0.25) is 0 Å². The number of hydrogen-bond acceptors (Lipinski definition) is 0. The highest BCUT2D eigenvalue weighted by molar-refractivity contribution is 4.78. The standard InChI is InChI=1S/C9H18/c1-9(2,3)8-6-4-5-7-8/h8H,4-7H2,1-3H3/i8D. The Labute approximate surface area is 60.1 Å². The van der Waals surface area contributed by atoms with Crippen LogP contribution in [0.1, 0.15) is 47.8 Å². The van der Waals surface area contributed by atoms with Gasteiger partial charge in [-0.1, -0.05) is 33.6 Å². The van der Waals surface area contributed by atoms with Crippen molar-refractivity contribution >= 4 is 0 Å². The van der Waals surface area contributed by atoms with Gasteiger partial charge in [-0.25, -0.2) is 0 Å². The minimum atomic E-state index is -0.118. The summed E-state index contributed by atoms with van der Waals surface area (Å²) in [5, 5.41) is 0. The third kappa shape index (κ3) is 1.70. The molecule has 1 aliphatic carbocycles. The van der Waals surface area contributed by atoms with Crippen LogP contribution in [0.5, 0.6) is 0 Å². The van der Waals surface area contributed by atoms with Gasteiger partial charge in [0, 0.05) is 1.37 Å². The molecule has 0 spiro atoms. The monoisotopic (exact) mass is 127 g/mol. The zero-order chi connectivity index (χ0) is 7.83. The smallest absolute Gasteiger partial charge is 0.0308 e. The van der Waals surface area contributed by atoms with Crippen molar-refractivity contribution in [3.63, 3.8) is 0 Å². The van der Waals surface area contributed by atoms with E-state index in [4.69, 9.17) is 1.37 Å². The fourth-order valence-electron chi connectivity index (χ4n) is 1.55. The van der Waals surface area contributed by atoms with Gasteiger partial charge in [0.05, 0.1) is 0 Å². The molecule has 0 aromatic heterocycles. The predicted molar refractivity (Wildman–Crippen MR) is 41.4 cm³/mol. The Bertz CT molecular complexity index is 115. The summed E-state index contributed by atoms with van der Waals surface area (Å²) in [6, 6.07) is 0. The third-order valence-electron chi connectivity index (χ3n) is 2.27. The molecule has 1 fully saturated rings. The van der Waals surface area contributed by atoms with Crippen molar-refractivity contribution in [2.24, 2.45) is 11.3 Å². The van der Waals surface area contributed by atoms with Gasteiger partial charge in [-0.15, -0.1) is 0 Å². The molecule has 1 rings (SSSR count). The lowest BCUT2D eigenvalue weighted by Gasteiger charge is -2.26. The molecule has 1 aliphatic rings. The van der Waals surface area contributed by atoms with Gasteiger partial charge >= 0.3 is 0 Å². The first-order valence-electron chi connectivity index (χ1n) is 4.46. The SMILES string of the molecule is [2H]C1(C(C)(C)C)CCCC1. The summed E-state index contributed by atoms with van der Waals surface area (Å²) in [5.41, 5.74) is 0.184. The second-order valence-corrected chi connectivity index (χ2v) is 4.06. The molecule has 1 saturated carbocycles. The van der Waals surface area contributed by atoms with E-state index in [1.807, 2.05) is 0 Å². The zero-order valence-electron chi connectivity index (χ0n) is 7.83. The molecule has 54 valence electrons. The quantitative estimate of drug-likeness (QED) is 0.468. The van der Waals surface area contributed by atoms with Gasteiger partial charge in [-0.05, 0) is 24.2 Å². The fraction of sp³-hybridized carbons (Fsp3) is 1.00. The Morgan fingerprint density at radius 2 is 1.67 bits per heavy atom. The second kappa shape index (κ2) is 2.32. The molecule has 0 nitrogen and oxygen atoms in total. The van der Waals surface area contributed by atoms with Gasteiger partial charge in [0.25, 0.3) is 0 Å². The molecule has 0 radical (unpaired) electrons. The van der Waals surface area contributed by atoms with E-state index < -0.39 is 0 Å². The van der Waals surface area contributed by atoms with Crippen LogP contribution >= 0.6 is 0 Å². The van der Waals surface area contributed by atoms with Gasteiger partial charge in [-0.2, -0.15) is 0 Å². The van der Waals surface area contributed by atoms with E-state index in [1.165, 1.54) is 12.8 Å². The Morgan fingerprint density at radius 1 is 1.22 bits per heavy atom. The summed E-state index contributed by atoms with van der Waals surface area (Å²) in [7, 11) is 0. The number of hydrogen-bond donors (Lipinski definition) is 0. The molecule has 0 aromatic carbocycles. The highest BCUT2D eigenvalue weighted by atomic mass is 14.3. The van der Waals surface area contributed by atoms with E-state index in [0.29, 0.717) is 0 Å². The van der Waals surface area contributed by atoms with Gasteiger partial charge in [0.15, 0.2) is 0 Å². The van der Waals surface area contributed by atoms with Crippen LogP contribution in [-0.4, -0.2) is 0 Å². The van der Waals surface area contributed by atoms with Crippen molar-refractivity contribution < 1.29 is 1.37 Å². The zero-order valence-corrected chi connectivity index (χ0v) is 6.83. The molecular weight excluding hydrogens is 108 g/mol. The molecule has 0 unspecified atom stereocenters. The first-order valence-corrected chi connectivity index (χ1v) is 3.96. The molecule has 0 aromatic rings. The van der Waals surface area contributed by atoms with E-state index in [-0.39, 0.29) is 11.3 Å². The molecule has 0 saturated heterocycles. The van der Waals surface area contributed by atoms with Crippen molar-refractivity contribution in [2.75, 3.05) is 0 Å². The largest absolute Gasteiger partial charge is 0.0599 e. The molecular formula is C9H18. The van der Waals surface area contributed by atoms with E-state index in [0.717, 1.165) is 12.8 Å². The maximum Gasteiger partial charge on any atom is 0.0308 e. The molecule has 0 amide bonds. The average molecular weight is 127 g/mol. The van der Waals surface area contributed by atoms with Gasteiger partial charge in [-0.3, -0.25) is 0 Å². The van der Waals surface area contributed by atoms with Crippen LogP contribution < -0.4 is 0 Å². The van der Waals surface area contributed by atoms with Crippen molar-refractivity contribution in [1.82, 2.24) is 0 Å². The van der Waals surface area contributed by atoms with Crippen LogP contribution in [0.3, 0.4) is 0 Å². The summed E-state index contributed by atoms with van der Waals surface area (Å²) in [6.07, 6.45) is 4.74. The normalized spacial score (nSPS) is 28.1. The van der Waals surface area contributed by atoms with Crippen LogP contribution in [0.4, 0.5) is 0 Å². The Balaban J connectivity index is 2.67. The lowest BCUT2D eigenvalue weighted by atomic mass is 9.80. The lowest BCUT2D eigenvalue weighted by Crippen LogP contribution is -2.16. The molecule has 0 bridgehead atoms. The van der Waals surface area contributed by atoms with Crippen LogP contribution in [-0.2, 0) is 0 Å². The first kappa shape index (κ1) is 5.76. The molecule has 0 heteroatoms. The van der Waals surface area contributed by atoms with Gasteiger partial charge < -0.3 is 0 Å². The fourth-order valence-corrected chi connectivity index (χ4v) is 1.55. The van der Waals surface area contributed by atoms with E-state index in [1.54, 1.807) is 0 Å². The average Bonchev–Trinajstić information content (AvgIpc) is 2.13. The maximum absolute atomic E-state index is 8.13. The summed E-state index contributed by atoms with van der Waals surface area (Å²) >= 11 is 0. The third-order valence-corrected chi connectivity index (χ3v) is 2.27. The second-order valence-electron chi connectivity index (χ2n) is 4.06. The summed E-state index contributed by atoms with van der Waals surface area (Å²) in [4.78, 5) is 0. The minimum absolute atomic E-state index is 0.118. The summed E-state index contributed by atoms with van der Waals surface area (Å²) in [6.45, 7) is 6.56. The topological polar surface area (TPSA) is 0 Å². The maximum atomic E-state index is 8.13. The van der Waals surface area contributed by atoms with Crippen LogP contribution in [0.15, 0.2) is 0 Å². The molecule has 0 aliphatic heterocycles. The van der Waals surface area contributed by atoms with Crippen molar-refractivity contribution in [3.05, 3.63) is 0 Å². The van der Waals surface area contributed by atoms with Crippen molar-refractivity contribution in [3.8, 4) is 0 Å². The molecule has 9 heavy (non-hydrogen) atoms.